The van der Waals surface area contributed by atoms with E-state index in [0.717, 1.165) is 17.8 Å². The van der Waals surface area contributed by atoms with Crippen molar-refractivity contribution >= 4 is 11.6 Å². The van der Waals surface area contributed by atoms with Crippen LogP contribution in [0.2, 0.25) is 0 Å². The highest BCUT2D eigenvalue weighted by Gasteiger charge is 2.11. The van der Waals surface area contributed by atoms with E-state index in [9.17, 15) is 0 Å². The van der Waals surface area contributed by atoms with Crippen LogP contribution in [0, 0.1) is 0 Å². The summed E-state index contributed by atoms with van der Waals surface area (Å²) in [5.41, 5.74) is 3.40. The SMILES string of the molecule is CC(N/C(=C\C1=NCCO1)c1ccccc1)c1ccccc1. The summed E-state index contributed by atoms with van der Waals surface area (Å²) in [5.74, 6) is 0.701. The van der Waals surface area contributed by atoms with E-state index in [1.807, 2.05) is 30.3 Å². The van der Waals surface area contributed by atoms with Crippen LogP contribution in [0.5, 0.6) is 0 Å². The predicted octanol–water partition coefficient (Wildman–Crippen LogP) is 3.81. The van der Waals surface area contributed by atoms with Gasteiger partial charge in [-0.1, -0.05) is 60.7 Å². The highest BCUT2D eigenvalue weighted by molar-refractivity contribution is 5.95. The second kappa shape index (κ2) is 6.94. The van der Waals surface area contributed by atoms with Crippen LogP contribution >= 0.6 is 0 Å². The van der Waals surface area contributed by atoms with E-state index < -0.39 is 0 Å². The first-order valence-electron chi connectivity index (χ1n) is 7.59. The van der Waals surface area contributed by atoms with Gasteiger partial charge in [0.05, 0.1) is 6.54 Å². The third-order valence-corrected chi connectivity index (χ3v) is 3.63. The number of nitrogens with one attached hydrogen (secondary N) is 1. The maximum absolute atomic E-state index is 5.53. The Morgan fingerprint density at radius 3 is 2.41 bits per heavy atom. The largest absolute Gasteiger partial charge is 0.476 e. The van der Waals surface area contributed by atoms with Crippen molar-refractivity contribution in [3.8, 4) is 0 Å². The monoisotopic (exact) mass is 292 g/mol. The van der Waals surface area contributed by atoms with Crippen molar-refractivity contribution in [1.82, 2.24) is 5.32 Å². The third-order valence-electron chi connectivity index (χ3n) is 3.63. The molecule has 0 saturated heterocycles. The van der Waals surface area contributed by atoms with Gasteiger partial charge in [0.1, 0.15) is 6.61 Å². The molecular formula is C19H20N2O. The molecule has 0 aliphatic carbocycles. The number of nitrogens with zero attached hydrogens (tertiary/aromatic N) is 1. The smallest absolute Gasteiger partial charge is 0.210 e. The van der Waals surface area contributed by atoms with E-state index in [4.69, 9.17) is 4.74 Å². The van der Waals surface area contributed by atoms with E-state index >= 15 is 0 Å². The minimum atomic E-state index is 0.203. The van der Waals surface area contributed by atoms with Gasteiger partial charge in [-0.2, -0.15) is 0 Å². The second-order valence-corrected chi connectivity index (χ2v) is 5.27. The number of hydrogen-bond donors (Lipinski definition) is 1. The summed E-state index contributed by atoms with van der Waals surface area (Å²) in [5, 5.41) is 3.58. The van der Waals surface area contributed by atoms with Crippen LogP contribution in [0.3, 0.4) is 0 Å². The zero-order valence-corrected chi connectivity index (χ0v) is 12.7. The molecule has 2 aromatic rings. The maximum atomic E-state index is 5.53. The molecule has 1 aliphatic rings. The molecule has 2 aromatic carbocycles. The highest BCUT2D eigenvalue weighted by atomic mass is 16.5. The minimum absolute atomic E-state index is 0.203. The Balaban J connectivity index is 1.86. The predicted molar refractivity (Wildman–Crippen MR) is 90.7 cm³/mol. The van der Waals surface area contributed by atoms with Crippen LogP contribution in [0.15, 0.2) is 71.7 Å². The third kappa shape index (κ3) is 3.55. The van der Waals surface area contributed by atoms with Gasteiger partial charge < -0.3 is 10.1 Å². The average molecular weight is 292 g/mol. The van der Waals surface area contributed by atoms with Crippen molar-refractivity contribution in [1.29, 1.82) is 0 Å². The molecule has 0 fully saturated rings. The summed E-state index contributed by atoms with van der Waals surface area (Å²) in [4.78, 5) is 4.36. The number of benzene rings is 2. The Hall–Kier alpha value is -2.55. The number of hydrogen-bond acceptors (Lipinski definition) is 3. The first-order valence-corrected chi connectivity index (χ1v) is 7.59. The summed E-state index contributed by atoms with van der Waals surface area (Å²) >= 11 is 0. The van der Waals surface area contributed by atoms with E-state index in [-0.39, 0.29) is 6.04 Å². The normalized spacial score (nSPS) is 15.9. The van der Waals surface area contributed by atoms with Crippen LogP contribution in [0.1, 0.15) is 24.1 Å². The minimum Gasteiger partial charge on any atom is -0.476 e. The zero-order valence-electron chi connectivity index (χ0n) is 12.7. The van der Waals surface area contributed by atoms with Gasteiger partial charge >= 0.3 is 0 Å². The quantitative estimate of drug-likeness (QED) is 0.909. The van der Waals surface area contributed by atoms with Gasteiger partial charge in [0.2, 0.25) is 5.90 Å². The second-order valence-electron chi connectivity index (χ2n) is 5.27. The van der Waals surface area contributed by atoms with Crippen LogP contribution in [0.25, 0.3) is 5.70 Å². The molecule has 0 spiro atoms. The molecule has 1 atom stereocenters. The highest BCUT2D eigenvalue weighted by Crippen LogP contribution is 2.19. The van der Waals surface area contributed by atoms with Crippen LogP contribution in [-0.2, 0) is 4.74 Å². The molecule has 22 heavy (non-hydrogen) atoms. The summed E-state index contributed by atoms with van der Waals surface area (Å²) < 4.78 is 5.53. The lowest BCUT2D eigenvalue weighted by Crippen LogP contribution is -2.18. The Kier molecular flexibility index (Phi) is 4.54. The molecule has 0 radical (unpaired) electrons. The van der Waals surface area contributed by atoms with E-state index in [0.29, 0.717) is 12.5 Å². The van der Waals surface area contributed by atoms with Gasteiger partial charge in [0.25, 0.3) is 0 Å². The zero-order chi connectivity index (χ0) is 15.2. The molecule has 0 saturated carbocycles. The number of rotatable bonds is 5. The van der Waals surface area contributed by atoms with Gasteiger partial charge in [-0.05, 0) is 18.1 Å². The number of aliphatic imine (C=N–C) groups is 1. The van der Waals surface area contributed by atoms with Crippen molar-refractivity contribution in [2.24, 2.45) is 4.99 Å². The molecule has 112 valence electrons. The van der Waals surface area contributed by atoms with Crippen LogP contribution in [0.4, 0.5) is 0 Å². The molecule has 0 amide bonds. The lowest BCUT2D eigenvalue weighted by atomic mass is 10.1. The van der Waals surface area contributed by atoms with Gasteiger partial charge in [0.15, 0.2) is 0 Å². The molecule has 3 heteroatoms. The number of ether oxygens (including phenoxy) is 1. The van der Waals surface area contributed by atoms with Crippen molar-refractivity contribution in [2.45, 2.75) is 13.0 Å². The van der Waals surface area contributed by atoms with Crippen molar-refractivity contribution in [2.75, 3.05) is 13.2 Å². The summed E-state index contributed by atoms with van der Waals surface area (Å²) in [6.45, 7) is 3.56. The van der Waals surface area contributed by atoms with Gasteiger partial charge in [0, 0.05) is 17.8 Å². The summed E-state index contributed by atoms with van der Waals surface area (Å²) in [7, 11) is 0. The molecule has 1 aliphatic heterocycles. The van der Waals surface area contributed by atoms with E-state index in [2.05, 4.69) is 53.6 Å². The molecule has 1 heterocycles. The average Bonchev–Trinajstić information content (AvgIpc) is 3.09. The summed E-state index contributed by atoms with van der Waals surface area (Å²) in [6.07, 6.45) is 1.99. The topological polar surface area (TPSA) is 33.6 Å². The van der Waals surface area contributed by atoms with Crippen LogP contribution < -0.4 is 5.32 Å². The van der Waals surface area contributed by atoms with E-state index in [1.54, 1.807) is 0 Å². The lowest BCUT2D eigenvalue weighted by molar-refractivity contribution is 0.350. The fourth-order valence-electron chi connectivity index (χ4n) is 2.45. The Labute approximate surface area is 131 Å². The van der Waals surface area contributed by atoms with Crippen molar-refractivity contribution < 1.29 is 4.74 Å². The summed E-state index contributed by atoms with van der Waals surface area (Å²) in [6, 6.07) is 20.9. The fourth-order valence-corrected chi connectivity index (χ4v) is 2.45. The molecule has 3 nitrogen and oxygen atoms in total. The Morgan fingerprint density at radius 1 is 1.09 bits per heavy atom. The van der Waals surface area contributed by atoms with Gasteiger partial charge in [-0.15, -0.1) is 0 Å². The molecule has 1 unspecified atom stereocenters. The lowest BCUT2D eigenvalue weighted by Gasteiger charge is -2.19. The first kappa shape index (κ1) is 14.4. The molecule has 0 aromatic heterocycles. The fraction of sp³-hybridized carbons (Fsp3) is 0.211. The molecule has 0 bridgehead atoms. The van der Waals surface area contributed by atoms with Gasteiger partial charge in [-0.3, -0.25) is 0 Å². The van der Waals surface area contributed by atoms with Crippen molar-refractivity contribution in [3.05, 3.63) is 77.9 Å². The van der Waals surface area contributed by atoms with E-state index in [1.165, 1.54) is 5.56 Å². The van der Waals surface area contributed by atoms with Gasteiger partial charge in [-0.25, -0.2) is 4.99 Å². The van der Waals surface area contributed by atoms with Crippen LogP contribution in [-0.4, -0.2) is 19.0 Å². The van der Waals surface area contributed by atoms with Crippen molar-refractivity contribution in [3.63, 3.8) is 0 Å². The molecular weight excluding hydrogens is 272 g/mol. The Morgan fingerprint density at radius 2 is 1.77 bits per heavy atom. The first-order chi connectivity index (χ1) is 10.8. The maximum Gasteiger partial charge on any atom is 0.210 e. The standard InChI is InChI=1S/C19H20N2O/c1-15(16-8-4-2-5-9-16)21-18(14-19-20-12-13-22-19)17-10-6-3-7-11-17/h2-11,14-15,21H,12-13H2,1H3/b18-14-. The molecule has 1 N–H and O–H groups in total. The molecule has 3 rings (SSSR count). The Bertz CT molecular complexity index is 662.